The Kier molecular flexibility index (Phi) is 7.75. The predicted molar refractivity (Wildman–Crippen MR) is 89.4 cm³/mol. The molecule has 0 saturated heterocycles. The molecular weight excluding hydrogens is 332 g/mol. The zero-order chi connectivity index (χ0) is 15.8. The van der Waals surface area contributed by atoms with Crippen LogP contribution in [0.4, 0.5) is 0 Å². The summed E-state index contributed by atoms with van der Waals surface area (Å²) in [6.45, 7) is 7.07. The average Bonchev–Trinajstić information content (AvgIpc) is 2.40. The summed E-state index contributed by atoms with van der Waals surface area (Å²) in [6, 6.07) is 5.91. The van der Waals surface area contributed by atoms with Crippen LogP contribution in [0.3, 0.4) is 0 Å². The molecule has 1 aromatic carbocycles. The van der Waals surface area contributed by atoms with Crippen LogP contribution in [-0.2, 0) is 4.79 Å². The van der Waals surface area contributed by atoms with E-state index in [0.717, 1.165) is 22.2 Å². The van der Waals surface area contributed by atoms with Gasteiger partial charge in [0.15, 0.2) is 0 Å². The Hall–Kier alpha value is -1.07. The Morgan fingerprint density at radius 1 is 1.43 bits per heavy atom. The molecule has 1 unspecified atom stereocenters. The molecule has 1 rings (SSSR count). The molecule has 0 radical (unpaired) electrons. The Bertz CT molecular complexity index is 464. The van der Waals surface area contributed by atoms with Crippen LogP contribution in [0.5, 0.6) is 5.75 Å². The fourth-order valence-corrected chi connectivity index (χ4v) is 2.67. The maximum Gasteiger partial charge on any atom is 0.223 e. The van der Waals surface area contributed by atoms with Gasteiger partial charge in [-0.15, -0.1) is 0 Å². The van der Waals surface area contributed by atoms with Gasteiger partial charge in [-0.25, -0.2) is 0 Å². The largest absolute Gasteiger partial charge is 0.492 e. The van der Waals surface area contributed by atoms with Crippen molar-refractivity contribution in [2.75, 3.05) is 13.2 Å². The summed E-state index contributed by atoms with van der Waals surface area (Å²) in [5.74, 6) is 1.25. The Morgan fingerprint density at radius 3 is 2.71 bits per heavy atom. The van der Waals surface area contributed by atoms with Crippen molar-refractivity contribution in [2.45, 2.75) is 39.7 Å². The Labute approximate surface area is 135 Å². The maximum atomic E-state index is 11.9. The zero-order valence-electron chi connectivity index (χ0n) is 13.0. The molecule has 0 spiro atoms. The minimum absolute atomic E-state index is 0.0191. The standard InChI is InChI=1S/C16H25BrN2O2/c1-11(2)8-13(10-18)19-16(20)6-7-21-15-5-4-12(3)9-14(15)17/h4-5,9,11,13H,6-8,10,18H2,1-3H3,(H,19,20). The summed E-state index contributed by atoms with van der Waals surface area (Å²) in [4.78, 5) is 11.9. The van der Waals surface area contributed by atoms with Crippen molar-refractivity contribution in [3.63, 3.8) is 0 Å². The third-order valence-electron chi connectivity index (χ3n) is 3.08. The number of amides is 1. The number of rotatable bonds is 8. The number of hydrogen-bond donors (Lipinski definition) is 2. The van der Waals surface area contributed by atoms with E-state index in [0.29, 0.717) is 25.5 Å². The molecule has 118 valence electrons. The van der Waals surface area contributed by atoms with Crippen molar-refractivity contribution in [3.8, 4) is 5.75 Å². The monoisotopic (exact) mass is 356 g/mol. The summed E-state index contributed by atoms with van der Waals surface area (Å²) in [7, 11) is 0. The highest BCUT2D eigenvalue weighted by atomic mass is 79.9. The highest BCUT2D eigenvalue weighted by Crippen LogP contribution is 2.25. The van der Waals surface area contributed by atoms with Crippen molar-refractivity contribution in [1.82, 2.24) is 5.32 Å². The Morgan fingerprint density at radius 2 is 2.14 bits per heavy atom. The van der Waals surface area contributed by atoms with Gasteiger partial charge in [-0.3, -0.25) is 4.79 Å². The molecule has 5 heteroatoms. The molecule has 0 fully saturated rings. The van der Waals surface area contributed by atoms with E-state index in [-0.39, 0.29) is 11.9 Å². The lowest BCUT2D eigenvalue weighted by atomic mass is 10.0. The van der Waals surface area contributed by atoms with Crippen LogP contribution in [0.2, 0.25) is 0 Å². The molecule has 0 bridgehead atoms. The first-order valence-corrected chi connectivity index (χ1v) is 8.10. The predicted octanol–water partition coefficient (Wildman–Crippen LogP) is 3.02. The molecule has 0 aromatic heterocycles. The second-order valence-electron chi connectivity index (χ2n) is 5.66. The van der Waals surface area contributed by atoms with Gasteiger partial charge in [0.2, 0.25) is 5.91 Å². The number of nitrogens with one attached hydrogen (secondary N) is 1. The van der Waals surface area contributed by atoms with Crippen LogP contribution < -0.4 is 15.8 Å². The van der Waals surface area contributed by atoms with Gasteiger partial charge in [0, 0.05) is 12.6 Å². The number of halogens is 1. The van der Waals surface area contributed by atoms with Crippen LogP contribution >= 0.6 is 15.9 Å². The minimum Gasteiger partial charge on any atom is -0.492 e. The van der Waals surface area contributed by atoms with Gasteiger partial charge < -0.3 is 15.8 Å². The number of nitrogens with two attached hydrogens (primary N) is 1. The highest BCUT2D eigenvalue weighted by molar-refractivity contribution is 9.10. The number of hydrogen-bond acceptors (Lipinski definition) is 3. The molecular formula is C16H25BrN2O2. The lowest BCUT2D eigenvalue weighted by Crippen LogP contribution is -2.41. The topological polar surface area (TPSA) is 64.3 Å². The van der Waals surface area contributed by atoms with E-state index in [9.17, 15) is 4.79 Å². The average molecular weight is 357 g/mol. The first-order chi connectivity index (χ1) is 9.92. The van der Waals surface area contributed by atoms with Crippen molar-refractivity contribution >= 4 is 21.8 Å². The van der Waals surface area contributed by atoms with Gasteiger partial charge in [0.1, 0.15) is 5.75 Å². The van der Waals surface area contributed by atoms with Crippen LogP contribution in [0.15, 0.2) is 22.7 Å². The number of aryl methyl sites for hydroxylation is 1. The second kappa shape index (κ2) is 9.05. The van der Waals surface area contributed by atoms with Gasteiger partial charge in [-0.05, 0) is 52.9 Å². The van der Waals surface area contributed by atoms with Gasteiger partial charge in [0.05, 0.1) is 17.5 Å². The second-order valence-corrected chi connectivity index (χ2v) is 6.52. The molecule has 0 aliphatic heterocycles. The molecule has 1 aromatic rings. The van der Waals surface area contributed by atoms with E-state index in [4.69, 9.17) is 10.5 Å². The van der Waals surface area contributed by atoms with Gasteiger partial charge in [0.25, 0.3) is 0 Å². The van der Waals surface area contributed by atoms with E-state index in [1.54, 1.807) is 0 Å². The molecule has 3 N–H and O–H groups in total. The summed E-state index contributed by atoms with van der Waals surface area (Å²) >= 11 is 3.45. The number of benzene rings is 1. The van der Waals surface area contributed by atoms with Crippen molar-refractivity contribution in [2.24, 2.45) is 11.7 Å². The lowest BCUT2D eigenvalue weighted by molar-refractivity contribution is -0.122. The third kappa shape index (κ3) is 6.96. The lowest BCUT2D eigenvalue weighted by Gasteiger charge is -2.19. The molecule has 1 atom stereocenters. The summed E-state index contributed by atoms with van der Waals surface area (Å²) < 4.78 is 6.52. The summed E-state index contributed by atoms with van der Waals surface area (Å²) in [5, 5.41) is 2.95. The minimum atomic E-state index is -0.0191. The number of carbonyl (C=O) groups is 1. The molecule has 0 aliphatic carbocycles. The van der Waals surface area contributed by atoms with Gasteiger partial charge >= 0.3 is 0 Å². The summed E-state index contributed by atoms with van der Waals surface area (Å²) in [6.07, 6.45) is 1.22. The molecule has 1 amide bonds. The Balaban J connectivity index is 2.36. The van der Waals surface area contributed by atoms with Crippen LogP contribution in [0.25, 0.3) is 0 Å². The number of ether oxygens (including phenoxy) is 1. The van der Waals surface area contributed by atoms with Crippen molar-refractivity contribution < 1.29 is 9.53 Å². The van der Waals surface area contributed by atoms with Gasteiger partial charge in [-0.1, -0.05) is 19.9 Å². The number of carbonyl (C=O) groups excluding carboxylic acids is 1. The normalized spacial score (nSPS) is 12.3. The molecule has 0 saturated carbocycles. The fraction of sp³-hybridized carbons (Fsp3) is 0.562. The van der Waals surface area contributed by atoms with Crippen molar-refractivity contribution in [1.29, 1.82) is 0 Å². The molecule has 21 heavy (non-hydrogen) atoms. The van der Waals surface area contributed by atoms with E-state index < -0.39 is 0 Å². The first kappa shape index (κ1) is 18.0. The van der Waals surface area contributed by atoms with Gasteiger partial charge in [-0.2, -0.15) is 0 Å². The third-order valence-corrected chi connectivity index (χ3v) is 3.70. The smallest absolute Gasteiger partial charge is 0.223 e. The van der Waals surface area contributed by atoms with Crippen molar-refractivity contribution in [3.05, 3.63) is 28.2 Å². The molecule has 4 nitrogen and oxygen atoms in total. The van der Waals surface area contributed by atoms with Crippen LogP contribution in [0.1, 0.15) is 32.3 Å². The van der Waals surface area contributed by atoms with E-state index in [1.165, 1.54) is 0 Å². The first-order valence-electron chi connectivity index (χ1n) is 7.30. The van der Waals surface area contributed by atoms with E-state index >= 15 is 0 Å². The fourth-order valence-electron chi connectivity index (χ4n) is 2.06. The SMILES string of the molecule is Cc1ccc(OCCC(=O)NC(CN)CC(C)C)c(Br)c1. The molecule has 0 aliphatic rings. The quantitative estimate of drug-likeness (QED) is 0.752. The maximum absolute atomic E-state index is 11.9. The highest BCUT2D eigenvalue weighted by Gasteiger charge is 2.12. The van der Waals surface area contributed by atoms with Crippen LogP contribution in [0, 0.1) is 12.8 Å². The van der Waals surface area contributed by atoms with Crippen LogP contribution in [-0.4, -0.2) is 25.1 Å². The summed E-state index contributed by atoms with van der Waals surface area (Å²) in [5.41, 5.74) is 6.83. The van der Waals surface area contributed by atoms with E-state index in [1.807, 2.05) is 25.1 Å². The zero-order valence-corrected chi connectivity index (χ0v) is 14.6. The van der Waals surface area contributed by atoms with E-state index in [2.05, 4.69) is 35.1 Å². The molecule has 0 heterocycles.